The van der Waals surface area contributed by atoms with Crippen molar-refractivity contribution in [1.29, 1.82) is 0 Å². The minimum absolute atomic E-state index is 0.0858. The van der Waals surface area contributed by atoms with Crippen LogP contribution in [0.15, 0.2) is 36.4 Å². The van der Waals surface area contributed by atoms with Crippen molar-refractivity contribution < 1.29 is 9.59 Å². The lowest BCUT2D eigenvalue weighted by Gasteiger charge is -2.24. The van der Waals surface area contributed by atoms with E-state index in [1.54, 1.807) is 19.1 Å². The van der Waals surface area contributed by atoms with Crippen LogP contribution < -0.4 is 10.6 Å². The lowest BCUT2D eigenvalue weighted by Crippen LogP contribution is -2.45. The van der Waals surface area contributed by atoms with E-state index >= 15 is 0 Å². The molecule has 0 fully saturated rings. The summed E-state index contributed by atoms with van der Waals surface area (Å²) >= 11 is 12.0. The fourth-order valence-corrected chi connectivity index (χ4v) is 3.09. The molecule has 7 heteroatoms. The van der Waals surface area contributed by atoms with E-state index in [1.165, 1.54) is 0 Å². The smallest absolute Gasteiger partial charge is 0.243 e. The van der Waals surface area contributed by atoms with E-state index in [4.69, 9.17) is 23.2 Å². The molecular weight excluding hydrogens is 397 g/mol. The van der Waals surface area contributed by atoms with Crippen LogP contribution in [0.5, 0.6) is 0 Å². The van der Waals surface area contributed by atoms with Crippen LogP contribution in [0.2, 0.25) is 10.0 Å². The van der Waals surface area contributed by atoms with Gasteiger partial charge < -0.3 is 10.6 Å². The number of nitrogens with one attached hydrogen (secondary N) is 2. The van der Waals surface area contributed by atoms with Gasteiger partial charge in [0.25, 0.3) is 0 Å². The third-order valence-electron chi connectivity index (χ3n) is 4.63. The monoisotopic (exact) mass is 421 g/mol. The number of carbonyl (C=O) groups is 2. The van der Waals surface area contributed by atoms with Crippen molar-refractivity contribution in [1.82, 2.24) is 10.2 Å². The van der Waals surface area contributed by atoms with E-state index in [0.29, 0.717) is 16.6 Å². The number of aryl methyl sites for hydroxylation is 2. The van der Waals surface area contributed by atoms with Crippen LogP contribution in [-0.4, -0.2) is 36.3 Å². The highest BCUT2D eigenvalue weighted by molar-refractivity contribution is 6.42. The molecule has 2 N–H and O–H groups in total. The van der Waals surface area contributed by atoms with Crippen molar-refractivity contribution in [2.24, 2.45) is 0 Å². The Kier molecular flexibility index (Phi) is 7.87. The zero-order valence-corrected chi connectivity index (χ0v) is 18.0. The van der Waals surface area contributed by atoms with Gasteiger partial charge >= 0.3 is 0 Å². The number of carbonyl (C=O) groups excluding carboxylic acids is 2. The molecular formula is C21H25Cl2N3O2. The van der Waals surface area contributed by atoms with Crippen LogP contribution in [0.4, 0.5) is 5.69 Å². The predicted molar refractivity (Wildman–Crippen MR) is 115 cm³/mol. The van der Waals surface area contributed by atoms with Gasteiger partial charge in [-0.25, -0.2) is 0 Å². The predicted octanol–water partition coefficient (Wildman–Crippen LogP) is 4.19. The van der Waals surface area contributed by atoms with Crippen molar-refractivity contribution >= 4 is 40.7 Å². The molecule has 0 unspecified atom stereocenters. The summed E-state index contributed by atoms with van der Waals surface area (Å²) in [6, 6.07) is 10.8. The topological polar surface area (TPSA) is 61.4 Å². The van der Waals surface area contributed by atoms with Gasteiger partial charge in [0.1, 0.15) is 0 Å². The van der Waals surface area contributed by atoms with E-state index in [2.05, 4.69) is 10.6 Å². The fraction of sp³-hybridized carbons (Fsp3) is 0.333. The highest BCUT2D eigenvalue weighted by Gasteiger charge is 2.19. The molecule has 0 saturated carbocycles. The molecule has 2 aromatic rings. The molecule has 0 aliphatic carbocycles. The highest BCUT2D eigenvalue weighted by Crippen LogP contribution is 2.23. The minimum atomic E-state index is -0.414. The minimum Gasteiger partial charge on any atom is -0.346 e. The number of hydrogen-bond donors (Lipinski definition) is 2. The number of hydrogen-bond acceptors (Lipinski definition) is 3. The second-order valence-electron chi connectivity index (χ2n) is 6.87. The Morgan fingerprint density at radius 3 is 2.32 bits per heavy atom. The standard InChI is InChI=1S/C21H25Cl2N3O2/c1-13-6-5-7-14(2)20(13)25-19(27)11-24-21(28)15(3)26(4)12-16-8-9-17(22)18(23)10-16/h5-10,15H,11-12H2,1-4H3,(H,24,28)(H,25,27)/t15-/m0/s1. The van der Waals surface area contributed by atoms with E-state index in [9.17, 15) is 9.59 Å². The molecule has 28 heavy (non-hydrogen) atoms. The number of nitrogens with zero attached hydrogens (tertiary/aromatic N) is 1. The Hall–Kier alpha value is -2.08. The summed E-state index contributed by atoms with van der Waals surface area (Å²) in [4.78, 5) is 26.5. The number of amides is 2. The summed E-state index contributed by atoms with van der Waals surface area (Å²) in [6.45, 7) is 6.09. The lowest BCUT2D eigenvalue weighted by atomic mass is 10.1. The molecule has 150 valence electrons. The summed E-state index contributed by atoms with van der Waals surface area (Å²) in [5.74, 6) is -0.482. The maximum atomic E-state index is 12.4. The van der Waals surface area contributed by atoms with Crippen LogP contribution in [-0.2, 0) is 16.1 Å². The first kappa shape index (κ1) is 22.2. The second kappa shape index (κ2) is 9.92. The molecule has 0 heterocycles. The average Bonchev–Trinajstić information content (AvgIpc) is 2.65. The molecule has 0 radical (unpaired) electrons. The van der Waals surface area contributed by atoms with Crippen LogP contribution in [0.1, 0.15) is 23.6 Å². The molecule has 0 bridgehead atoms. The van der Waals surface area contributed by atoms with Crippen molar-refractivity contribution in [3.8, 4) is 0 Å². The maximum Gasteiger partial charge on any atom is 0.243 e. The molecule has 0 aliphatic rings. The normalized spacial score (nSPS) is 12.0. The Morgan fingerprint density at radius 2 is 1.71 bits per heavy atom. The largest absolute Gasteiger partial charge is 0.346 e. The summed E-state index contributed by atoms with van der Waals surface area (Å²) in [7, 11) is 1.84. The second-order valence-corrected chi connectivity index (χ2v) is 7.69. The molecule has 1 atom stereocenters. The first-order valence-electron chi connectivity index (χ1n) is 8.97. The van der Waals surface area contributed by atoms with E-state index in [-0.39, 0.29) is 18.4 Å². The van der Waals surface area contributed by atoms with Gasteiger partial charge in [-0.15, -0.1) is 0 Å². The first-order chi connectivity index (χ1) is 13.2. The summed E-state index contributed by atoms with van der Waals surface area (Å²) in [5.41, 5.74) is 3.69. The Balaban J connectivity index is 1.87. The average molecular weight is 422 g/mol. The molecule has 0 saturated heterocycles. The van der Waals surface area contributed by atoms with E-state index in [0.717, 1.165) is 22.4 Å². The maximum absolute atomic E-state index is 12.4. The molecule has 0 aromatic heterocycles. The van der Waals surface area contributed by atoms with Gasteiger partial charge in [-0.2, -0.15) is 0 Å². The van der Waals surface area contributed by atoms with Crippen LogP contribution in [0.3, 0.4) is 0 Å². The van der Waals surface area contributed by atoms with Crippen LogP contribution >= 0.6 is 23.2 Å². The number of para-hydroxylation sites is 1. The third-order valence-corrected chi connectivity index (χ3v) is 5.36. The highest BCUT2D eigenvalue weighted by atomic mass is 35.5. The van der Waals surface area contributed by atoms with E-state index < -0.39 is 6.04 Å². The van der Waals surface area contributed by atoms with Gasteiger partial charge in [-0.3, -0.25) is 14.5 Å². The van der Waals surface area contributed by atoms with Crippen molar-refractivity contribution in [2.75, 3.05) is 18.9 Å². The molecule has 0 spiro atoms. The Morgan fingerprint density at radius 1 is 1.07 bits per heavy atom. The number of likely N-dealkylation sites (N-methyl/N-ethyl adjacent to an activating group) is 1. The van der Waals surface area contributed by atoms with Gasteiger partial charge in [0.2, 0.25) is 11.8 Å². The Labute approximate surface area is 176 Å². The fourth-order valence-electron chi connectivity index (χ4n) is 2.77. The van der Waals surface area contributed by atoms with Crippen LogP contribution in [0, 0.1) is 13.8 Å². The lowest BCUT2D eigenvalue weighted by molar-refractivity contribution is -0.127. The van der Waals surface area contributed by atoms with Gasteiger partial charge in [-0.05, 0) is 56.6 Å². The number of anilines is 1. The molecule has 2 aromatic carbocycles. The summed E-state index contributed by atoms with van der Waals surface area (Å²) in [6.07, 6.45) is 0. The summed E-state index contributed by atoms with van der Waals surface area (Å²) in [5, 5.41) is 6.52. The molecule has 2 amide bonds. The first-order valence-corrected chi connectivity index (χ1v) is 9.72. The molecule has 0 aliphatic heterocycles. The van der Waals surface area contributed by atoms with Crippen molar-refractivity contribution in [2.45, 2.75) is 33.4 Å². The van der Waals surface area contributed by atoms with Gasteiger partial charge in [0, 0.05) is 12.2 Å². The van der Waals surface area contributed by atoms with Crippen LogP contribution in [0.25, 0.3) is 0 Å². The molecule has 2 rings (SSSR count). The van der Waals surface area contributed by atoms with Gasteiger partial charge in [0.05, 0.1) is 22.6 Å². The number of rotatable bonds is 7. The van der Waals surface area contributed by atoms with Crippen molar-refractivity contribution in [3.05, 3.63) is 63.1 Å². The summed E-state index contributed by atoms with van der Waals surface area (Å²) < 4.78 is 0. The number of benzene rings is 2. The van der Waals surface area contributed by atoms with Gasteiger partial charge in [-0.1, -0.05) is 47.5 Å². The van der Waals surface area contributed by atoms with E-state index in [1.807, 2.05) is 50.1 Å². The zero-order valence-electron chi connectivity index (χ0n) is 16.5. The SMILES string of the molecule is Cc1cccc(C)c1NC(=O)CNC(=O)[C@H](C)N(C)Cc1ccc(Cl)c(Cl)c1. The number of halogens is 2. The van der Waals surface area contributed by atoms with Crippen molar-refractivity contribution in [3.63, 3.8) is 0 Å². The quantitative estimate of drug-likeness (QED) is 0.704. The molecule has 5 nitrogen and oxygen atoms in total. The Bertz CT molecular complexity index is 850. The van der Waals surface area contributed by atoms with Gasteiger partial charge in [0.15, 0.2) is 0 Å². The zero-order chi connectivity index (χ0) is 20.8. The third kappa shape index (κ3) is 5.96.